The van der Waals surface area contributed by atoms with E-state index in [9.17, 15) is 4.79 Å². The first-order valence-electron chi connectivity index (χ1n) is 5.92. The summed E-state index contributed by atoms with van der Waals surface area (Å²) >= 11 is 0. The highest BCUT2D eigenvalue weighted by atomic mass is 16.3. The molecule has 0 atom stereocenters. The number of hydrogen-bond acceptors (Lipinski definition) is 3. The first-order chi connectivity index (χ1) is 8.24. The van der Waals surface area contributed by atoms with Crippen molar-refractivity contribution in [3.8, 4) is 0 Å². The Morgan fingerprint density at radius 3 is 2.88 bits per heavy atom. The number of carbonyl (C=O) groups is 1. The van der Waals surface area contributed by atoms with Gasteiger partial charge in [-0.15, -0.1) is 0 Å². The quantitative estimate of drug-likeness (QED) is 0.804. The normalized spacial score (nSPS) is 17.1. The van der Waals surface area contributed by atoms with E-state index in [0.29, 0.717) is 13.1 Å². The number of furan rings is 1. The molecule has 0 radical (unpaired) electrons. The monoisotopic (exact) mass is 234 g/mol. The molecule has 4 nitrogen and oxygen atoms in total. The zero-order valence-corrected chi connectivity index (χ0v) is 9.95. The lowest BCUT2D eigenvalue weighted by molar-refractivity contribution is -0.122. The van der Waals surface area contributed by atoms with E-state index in [0.717, 1.165) is 31.7 Å². The van der Waals surface area contributed by atoms with Crippen LogP contribution in [0.25, 0.3) is 0 Å². The van der Waals surface area contributed by atoms with E-state index < -0.39 is 0 Å². The van der Waals surface area contributed by atoms with Crippen LogP contribution in [0.5, 0.6) is 0 Å². The molecule has 0 bridgehead atoms. The van der Waals surface area contributed by atoms with Crippen LogP contribution in [0.1, 0.15) is 18.6 Å². The summed E-state index contributed by atoms with van der Waals surface area (Å²) in [6, 6.07) is 3.67. The molecule has 0 aromatic carbocycles. The molecule has 0 saturated carbocycles. The molecule has 4 heteroatoms. The molecule has 1 amide bonds. The van der Waals surface area contributed by atoms with E-state index in [1.807, 2.05) is 12.1 Å². The number of nitrogens with zero attached hydrogens (tertiary/aromatic N) is 1. The maximum atomic E-state index is 11.7. The molecule has 0 spiro atoms. The highest BCUT2D eigenvalue weighted by Gasteiger charge is 2.15. The zero-order valence-electron chi connectivity index (χ0n) is 9.95. The highest BCUT2D eigenvalue weighted by molar-refractivity contribution is 5.77. The minimum absolute atomic E-state index is 0.0499. The minimum atomic E-state index is 0.0499. The molecular weight excluding hydrogens is 216 g/mol. The molecule has 1 N–H and O–H groups in total. The van der Waals surface area contributed by atoms with Crippen molar-refractivity contribution in [2.24, 2.45) is 0 Å². The van der Waals surface area contributed by atoms with Gasteiger partial charge in [0.1, 0.15) is 5.76 Å². The minimum Gasteiger partial charge on any atom is -0.467 e. The molecule has 1 aliphatic heterocycles. The van der Waals surface area contributed by atoms with Crippen molar-refractivity contribution < 1.29 is 9.21 Å². The predicted octanol–water partition coefficient (Wildman–Crippen LogP) is 1.55. The lowest BCUT2D eigenvalue weighted by atomic mass is 10.1. The van der Waals surface area contributed by atoms with Gasteiger partial charge >= 0.3 is 0 Å². The molecule has 1 fully saturated rings. The van der Waals surface area contributed by atoms with Crippen molar-refractivity contribution in [1.82, 2.24) is 10.2 Å². The van der Waals surface area contributed by atoms with Crippen molar-refractivity contribution in [1.29, 1.82) is 0 Å². The van der Waals surface area contributed by atoms with Gasteiger partial charge in [0.2, 0.25) is 5.91 Å². The fourth-order valence-electron chi connectivity index (χ4n) is 1.89. The summed E-state index contributed by atoms with van der Waals surface area (Å²) in [6.45, 7) is 6.76. The molecule has 1 aromatic heterocycles. The number of hydrogen-bond donors (Lipinski definition) is 1. The van der Waals surface area contributed by atoms with Crippen molar-refractivity contribution in [3.63, 3.8) is 0 Å². The zero-order chi connectivity index (χ0) is 12.1. The predicted molar refractivity (Wildman–Crippen MR) is 65.4 cm³/mol. The summed E-state index contributed by atoms with van der Waals surface area (Å²) in [5.74, 6) is 0.833. The van der Waals surface area contributed by atoms with Crippen LogP contribution in [0.15, 0.2) is 35.0 Å². The largest absolute Gasteiger partial charge is 0.467 e. The van der Waals surface area contributed by atoms with Gasteiger partial charge in [0.05, 0.1) is 19.4 Å². The Balaban J connectivity index is 1.68. The molecule has 92 valence electrons. The number of rotatable bonds is 4. The van der Waals surface area contributed by atoms with Gasteiger partial charge < -0.3 is 9.73 Å². The van der Waals surface area contributed by atoms with Gasteiger partial charge in [-0.2, -0.15) is 0 Å². The van der Waals surface area contributed by atoms with Crippen molar-refractivity contribution >= 4 is 5.91 Å². The van der Waals surface area contributed by atoms with E-state index in [4.69, 9.17) is 4.42 Å². The van der Waals surface area contributed by atoms with Crippen LogP contribution in [-0.2, 0) is 11.3 Å². The average Bonchev–Trinajstić information content (AvgIpc) is 2.83. The van der Waals surface area contributed by atoms with Crippen LogP contribution in [-0.4, -0.2) is 30.4 Å². The van der Waals surface area contributed by atoms with E-state index >= 15 is 0 Å². The number of carbonyl (C=O) groups excluding carboxylic acids is 1. The second-order valence-corrected chi connectivity index (χ2v) is 4.38. The smallest absolute Gasteiger partial charge is 0.234 e. The van der Waals surface area contributed by atoms with Crippen LogP contribution in [0.3, 0.4) is 0 Å². The molecular formula is C13H18N2O2. The summed E-state index contributed by atoms with van der Waals surface area (Å²) < 4.78 is 5.15. The van der Waals surface area contributed by atoms with Gasteiger partial charge in [-0.3, -0.25) is 9.69 Å². The molecule has 1 saturated heterocycles. The van der Waals surface area contributed by atoms with Crippen LogP contribution in [0.4, 0.5) is 0 Å². The Hall–Kier alpha value is -1.55. The lowest BCUT2D eigenvalue weighted by Gasteiger charge is -2.26. The SMILES string of the molecule is C=C1CCN(CC(=O)NCc2ccco2)CC1. The lowest BCUT2D eigenvalue weighted by Crippen LogP contribution is -2.39. The van der Waals surface area contributed by atoms with Crippen LogP contribution in [0, 0.1) is 0 Å². The Morgan fingerprint density at radius 2 is 2.24 bits per heavy atom. The summed E-state index contributed by atoms with van der Waals surface area (Å²) in [4.78, 5) is 13.8. The first-order valence-corrected chi connectivity index (χ1v) is 5.92. The Morgan fingerprint density at radius 1 is 1.47 bits per heavy atom. The number of nitrogens with one attached hydrogen (secondary N) is 1. The summed E-state index contributed by atoms with van der Waals surface area (Å²) in [6.07, 6.45) is 3.62. The Kier molecular flexibility index (Phi) is 3.98. The maximum Gasteiger partial charge on any atom is 0.234 e. The van der Waals surface area contributed by atoms with E-state index in [2.05, 4.69) is 16.8 Å². The molecule has 2 rings (SSSR count). The Labute approximate surface area is 101 Å². The number of amides is 1. The number of likely N-dealkylation sites (tertiary alicyclic amines) is 1. The molecule has 0 aliphatic carbocycles. The van der Waals surface area contributed by atoms with Crippen molar-refractivity contribution in [2.75, 3.05) is 19.6 Å². The Bertz CT molecular complexity index is 374. The van der Waals surface area contributed by atoms with Gasteiger partial charge in [0.15, 0.2) is 0 Å². The topological polar surface area (TPSA) is 45.5 Å². The van der Waals surface area contributed by atoms with Crippen molar-refractivity contribution in [2.45, 2.75) is 19.4 Å². The highest BCUT2D eigenvalue weighted by Crippen LogP contribution is 2.13. The van der Waals surface area contributed by atoms with Gasteiger partial charge in [0.25, 0.3) is 0 Å². The average molecular weight is 234 g/mol. The third-order valence-electron chi connectivity index (χ3n) is 2.97. The summed E-state index contributed by atoms with van der Waals surface area (Å²) in [7, 11) is 0. The first kappa shape index (κ1) is 11.9. The standard InChI is InChI=1S/C13H18N2O2/c1-11-4-6-15(7-5-11)10-13(16)14-9-12-3-2-8-17-12/h2-3,8H,1,4-7,9-10H2,(H,14,16). The summed E-state index contributed by atoms with van der Waals surface area (Å²) in [5.41, 5.74) is 1.29. The maximum absolute atomic E-state index is 11.7. The van der Waals surface area contributed by atoms with Crippen LogP contribution in [0.2, 0.25) is 0 Å². The van der Waals surface area contributed by atoms with E-state index in [1.165, 1.54) is 5.57 Å². The molecule has 1 aliphatic rings. The van der Waals surface area contributed by atoms with Crippen molar-refractivity contribution in [3.05, 3.63) is 36.3 Å². The van der Waals surface area contributed by atoms with Gasteiger partial charge in [-0.25, -0.2) is 0 Å². The third-order valence-corrected chi connectivity index (χ3v) is 2.97. The van der Waals surface area contributed by atoms with E-state index in [-0.39, 0.29) is 5.91 Å². The van der Waals surface area contributed by atoms with Crippen LogP contribution < -0.4 is 5.32 Å². The molecule has 1 aromatic rings. The third kappa shape index (κ3) is 3.75. The number of piperidine rings is 1. The van der Waals surface area contributed by atoms with Gasteiger partial charge in [-0.05, 0) is 25.0 Å². The van der Waals surface area contributed by atoms with Gasteiger partial charge in [0, 0.05) is 13.1 Å². The molecule has 0 unspecified atom stereocenters. The molecule has 2 heterocycles. The second-order valence-electron chi connectivity index (χ2n) is 4.38. The fourth-order valence-corrected chi connectivity index (χ4v) is 1.89. The second kappa shape index (κ2) is 5.68. The van der Waals surface area contributed by atoms with Gasteiger partial charge in [-0.1, -0.05) is 12.2 Å². The fraction of sp³-hybridized carbons (Fsp3) is 0.462. The van der Waals surface area contributed by atoms with E-state index in [1.54, 1.807) is 6.26 Å². The molecule has 17 heavy (non-hydrogen) atoms. The summed E-state index contributed by atoms with van der Waals surface area (Å²) in [5, 5.41) is 2.85. The van der Waals surface area contributed by atoms with Crippen LogP contribution >= 0.6 is 0 Å².